The topological polar surface area (TPSA) is 92.3 Å². The van der Waals surface area contributed by atoms with Crippen molar-refractivity contribution >= 4 is 51.0 Å². The average molecular weight is 403 g/mol. The quantitative estimate of drug-likeness (QED) is 0.486. The van der Waals surface area contributed by atoms with Crippen molar-refractivity contribution in [3.63, 3.8) is 0 Å². The predicted molar refractivity (Wildman–Crippen MR) is 109 cm³/mol. The highest BCUT2D eigenvalue weighted by molar-refractivity contribution is 7.92. The van der Waals surface area contributed by atoms with Crippen molar-refractivity contribution in [2.45, 2.75) is 4.90 Å². The maximum atomic E-state index is 12.6. The van der Waals surface area contributed by atoms with E-state index in [-0.39, 0.29) is 22.2 Å². The Kier molecular flexibility index (Phi) is 5.33. The number of anilines is 2. The van der Waals surface area contributed by atoms with Gasteiger partial charge in [-0.25, -0.2) is 18.4 Å². The van der Waals surface area contributed by atoms with E-state index in [9.17, 15) is 13.2 Å². The number of ketones is 1. The molecular weight excluding hydrogens is 384 g/mol. The van der Waals surface area contributed by atoms with Crippen LogP contribution in [0.25, 0.3) is 10.9 Å². The molecule has 0 unspecified atom stereocenters. The van der Waals surface area contributed by atoms with E-state index in [1.54, 1.807) is 12.1 Å². The van der Waals surface area contributed by atoms with Gasteiger partial charge in [-0.2, -0.15) is 12.6 Å². The van der Waals surface area contributed by atoms with E-state index in [1.165, 1.54) is 24.4 Å². The van der Waals surface area contributed by atoms with Gasteiger partial charge in [0.2, 0.25) is 0 Å². The third-order valence-corrected chi connectivity index (χ3v) is 5.52. The number of rotatable bonds is 6. The van der Waals surface area contributed by atoms with Gasteiger partial charge in [0.1, 0.15) is 11.6 Å². The molecule has 0 aliphatic heterocycles. The molecule has 0 atom stereocenters. The minimum atomic E-state index is -3.82. The molecular formula is C18H18N4O3S2. The lowest BCUT2D eigenvalue weighted by Crippen LogP contribution is -2.14. The number of carbonyl (C=O) groups excluding carboxylic acids is 1. The molecule has 0 saturated heterocycles. The largest absolute Gasteiger partial charge is 0.363 e. The molecule has 1 aromatic carbocycles. The molecule has 0 spiro atoms. The Morgan fingerprint density at radius 2 is 1.93 bits per heavy atom. The highest BCUT2D eigenvalue weighted by Crippen LogP contribution is 2.22. The second kappa shape index (κ2) is 7.53. The monoisotopic (exact) mass is 402 g/mol. The van der Waals surface area contributed by atoms with E-state index in [4.69, 9.17) is 0 Å². The number of aromatic nitrogens is 2. The second-order valence-electron chi connectivity index (χ2n) is 6.04. The summed E-state index contributed by atoms with van der Waals surface area (Å²) in [5, 5.41) is 0.714. The first-order chi connectivity index (χ1) is 12.8. The number of carbonyl (C=O) groups is 1. The fourth-order valence-electron chi connectivity index (χ4n) is 2.42. The Labute approximate surface area is 162 Å². The third kappa shape index (κ3) is 4.20. The van der Waals surface area contributed by atoms with Crippen molar-refractivity contribution in [3.8, 4) is 0 Å². The predicted octanol–water partition coefficient (Wildman–Crippen LogP) is 2.61. The average Bonchev–Trinajstić information content (AvgIpc) is 2.66. The lowest BCUT2D eigenvalue weighted by atomic mass is 10.2. The first-order valence-electron chi connectivity index (χ1n) is 8.01. The number of hydrogen-bond donors (Lipinski definition) is 2. The van der Waals surface area contributed by atoms with E-state index in [0.29, 0.717) is 16.5 Å². The number of sulfonamides is 1. The lowest BCUT2D eigenvalue weighted by Gasteiger charge is -2.12. The summed E-state index contributed by atoms with van der Waals surface area (Å²) in [7, 11) is -0.0448. The smallest absolute Gasteiger partial charge is 0.263 e. The Bertz CT molecular complexity index is 1100. The van der Waals surface area contributed by atoms with Crippen molar-refractivity contribution in [3.05, 3.63) is 54.2 Å². The van der Waals surface area contributed by atoms with Gasteiger partial charge in [-0.1, -0.05) is 0 Å². The first-order valence-corrected chi connectivity index (χ1v) is 10.1. The Hall–Kier alpha value is -2.65. The molecule has 2 heterocycles. The van der Waals surface area contributed by atoms with Crippen LogP contribution in [0.5, 0.6) is 0 Å². The molecule has 9 heteroatoms. The molecule has 0 aliphatic carbocycles. The van der Waals surface area contributed by atoms with Crippen LogP contribution in [0.15, 0.2) is 53.6 Å². The highest BCUT2D eigenvalue weighted by Gasteiger charge is 2.16. The summed E-state index contributed by atoms with van der Waals surface area (Å²) in [5.41, 5.74) is 1.08. The fourth-order valence-corrected chi connectivity index (χ4v) is 3.64. The number of benzene rings is 1. The molecule has 140 valence electrons. The van der Waals surface area contributed by atoms with Crippen molar-refractivity contribution in [2.75, 3.05) is 29.5 Å². The zero-order valence-corrected chi connectivity index (χ0v) is 16.5. The molecule has 0 radical (unpaired) electrons. The number of Topliss-reactive ketones (excluding diaryl/α,β-unsaturated/α-hetero) is 1. The summed E-state index contributed by atoms with van der Waals surface area (Å²) in [6.45, 7) is 0. The molecule has 3 rings (SSSR count). The van der Waals surface area contributed by atoms with Crippen LogP contribution in [0.1, 0.15) is 10.4 Å². The van der Waals surface area contributed by atoms with Gasteiger partial charge in [-0.15, -0.1) is 0 Å². The van der Waals surface area contributed by atoms with Crippen LogP contribution in [-0.2, 0) is 10.0 Å². The molecule has 27 heavy (non-hydrogen) atoms. The lowest BCUT2D eigenvalue weighted by molar-refractivity contribution is 0.102. The van der Waals surface area contributed by atoms with Gasteiger partial charge in [-0.05, 0) is 42.5 Å². The number of nitrogens with zero attached hydrogens (tertiary/aromatic N) is 3. The van der Waals surface area contributed by atoms with E-state index in [1.807, 2.05) is 31.1 Å². The molecule has 0 fully saturated rings. The van der Waals surface area contributed by atoms with Crippen molar-refractivity contribution in [1.29, 1.82) is 0 Å². The normalized spacial score (nSPS) is 11.4. The number of nitrogens with one attached hydrogen (secondary N) is 1. The third-order valence-electron chi connectivity index (χ3n) is 3.88. The number of hydrogen-bond acceptors (Lipinski definition) is 7. The maximum Gasteiger partial charge on any atom is 0.263 e. The van der Waals surface area contributed by atoms with Crippen LogP contribution < -0.4 is 9.62 Å². The summed E-state index contributed by atoms with van der Waals surface area (Å²) in [5.74, 6) is 0.801. The van der Waals surface area contributed by atoms with Crippen LogP contribution in [0.2, 0.25) is 0 Å². The minimum Gasteiger partial charge on any atom is -0.363 e. The zero-order chi connectivity index (χ0) is 19.6. The zero-order valence-electron chi connectivity index (χ0n) is 14.7. The summed E-state index contributed by atoms with van der Waals surface area (Å²) in [6, 6.07) is 11.3. The number of fused-ring (bicyclic) bond motifs is 1. The molecule has 0 amide bonds. The van der Waals surface area contributed by atoms with Crippen LogP contribution in [-0.4, -0.2) is 44.0 Å². The van der Waals surface area contributed by atoms with Gasteiger partial charge in [0, 0.05) is 31.2 Å². The van der Waals surface area contributed by atoms with Crippen LogP contribution in [0.3, 0.4) is 0 Å². The molecule has 3 aromatic rings. The SMILES string of the molecule is CN(C)c1ccc2cc(S(=O)(=O)Nc3ccc(C(=O)CS)cn3)ccc2n1. The summed E-state index contributed by atoms with van der Waals surface area (Å²) >= 11 is 3.92. The van der Waals surface area contributed by atoms with Gasteiger partial charge in [-0.3, -0.25) is 9.52 Å². The van der Waals surface area contributed by atoms with Crippen molar-refractivity contribution in [1.82, 2.24) is 9.97 Å². The summed E-state index contributed by atoms with van der Waals surface area (Å²) in [6.07, 6.45) is 1.32. The van der Waals surface area contributed by atoms with Gasteiger partial charge < -0.3 is 4.90 Å². The van der Waals surface area contributed by atoms with E-state index < -0.39 is 10.0 Å². The minimum absolute atomic E-state index is 0.0629. The fraction of sp³-hybridized carbons (Fsp3) is 0.167. The van der Waals surface area contributed by atoms with Crippen molar-refractivity contribution in [2.24, 2.45) is 0 Å². The van der Waals surface area contributed by atoms with E-state index in [2.05, 4.69) is 27.3 Å². The molecule has 0 aliphatic rings. The van der Waals surface area contributed by atoms with Gasteiger partial charge in [0.25, 0.3) is 10.0 Å². The van der Waals surface area contributed by atoms with Crippen LogP contribution in [0.4, 0.5) is 11.6 Å². The van der Waals surface area contributed by atoms with Gasteiger partial charge in [0.05, 0.1) is 16.2 Å². The van der Waals surface area contributed by atoms with Crippen molar-refractivity contribution < 1.29 is 13.2 Å². The molecule has 2 aromatic heterocycles. The van der Waals surface area contributed by atoms with E-state index >= 15 is 0 Å². The van der Waals surface area contributed by atoms with Crippen LogP contribution >= 0.6 is 12.6 Å². The van der Waals surface area contributed by atoms with Gasteiger partial charge >= 0.3 is 0 Å². The number of pyridine rings is 2. The Morgan fingerprint density at radius 3 is 2.56 bits per heavy atom. The first kappa shape index (κ1) is 19.1. The molecule has 1 N–H and O–H groups in total. The number of thiol groups is 1. The highest BCUT2D eigenvalue weighted by atomic mass is 32.2. The summed E-state index contributed by atoms with van der Waals surface area (Å²) < 4.78 is 27.7. The molecule has 7 nitrogen and oxygen atoms in total. The summed E-state index contributed by atoms with van der Waals surface area (Å²) in [4.78, 5) is 22.0. The van der Waals surface area contributed by atoms with Gasteiger partial charge in [0.15, 0.2) is 5.78 Å². The van der Waals surface area contributed by atoms with E-state index in [0.717, 1.165) is 5.82 Å². The molecule has 0 bridgehead atoms. The Balaban J connectivity index is 1.88. The Morgan fingerprint density at radius 1 is 1.15 bits per heavy atom. The maximum absolute atomic E-state index is 12.6. The second-order valence-corrected chi connectivity index (χ2v) is 8.04. The standard InChI is InChI=1S/C18H18N4O3S2/c1-22(2)18-8-4-12-9-14(5-6-15(12)20-18)27(24,25)21-17-7-3-13(10-19-17)16(23)11-26/h3-10,26H,11H2,1-2H3,(H,19,21). The molecule has 0 saturated carbocycles. The van der Waals surface area contributed by atoms with Crippen LogP contribution in [0, 0.1) is 0 Å².